The number of nitrogens with one attached hydrogen (secondary N) is 1. The van der Waals surface area contributed by atoms with E-state index in [0.717, 1.165) is 41.9 Å². The average molecular weight is 421 g/mol. The summed E-state index contributed by atoms with van der Waals surface area (Å²) in [6, 6.07) is 12.4. The number of ether oxygens (including phenoxy) is 2. The molecule has 31 heavy (non-hydrogen) atoms. The van der Waals surface area contributed by atoms with Gasteiger partial charge in [0.15, 0.2) is 0 Å². The molecule has 0 heterocycles. The molecule has 2 aliphatic rings. The number of carboxylic acids is 1. The third-order valence-electron chi connectivity index (χ3n) is 6.43. The summed E-state index contributed by atoms with van der Waals surface area (Å²) in [6.07, 6.45) is 5.38. The Hall–Kier alpha value is -3.28. The normalized spacial score (nSPS) is 23.0. The highest BCUT2D eigenvalue weighted by Crippen LogP contribution is 2.52. The highest BCUT2D eigenvalue weighted by molar-refractivity contribution is 5.87. The maximum absolute atomic E-state index is 13.1. The van der Waals surface area contributed by atoms with E-state index in [4.69, 9.17) is 14.6 Å². The number of benzene rings is 2. The van der Waals surface area contributed by atoms with Gasteiger partial charge in [-0.15, -0.1) is 0 Å². The minimum atomic E-state index is -0.957. The van der Waals surface area contributed by atoms with Gasteiger partial charge < -0.3 is 19.9 Å². The quantitative estimate of drug-likeness (QED) is 0.702. The first kappa shape index (κ1) is 21.0. The number of hydrogen-bond acceptors (Lipinski definition) is 4. The number of aromatic carboxylic acids is 1. The van der Waals surface area contributed by atoms with Crippen molar-refractivity contribution < 1.29 is 24.2 Å². The topological polar surface area (TPSA) is 84.9 Å². The summed E-state index contributed by atoms with van der Waals surface area (Å²) in [5.74, 6) is 1.21. The lowest BCUT2D eigenvalue weighted by molar-refractivity contribution is -0.125. The van der Waals surface area contributed by atoms with Crippen molar-refractivity contribution in [3.05, 3.63) is 64.7 Å². The molecule has 2 aromatic carbocycles. The van der Waals surface area contributed by atoms with Gasteiger partial charge in [-0.2, -0.15) is 0 Å². The second-order valence-corrected chi connectivity index (χ2v) is 8.26. The van der Waals surface area contributed by atoms with Crippen LogP contribution < -0.4 is 14.8 Å². The van der Waals surface area contributed by atoms with Gasteiger partial charge in [0, 0.05) is 12.6 Å². The highest BCUT2D eigenvalue weighted by atomic mass is 16.5. The van der Waals surface area contributed by atoms with Crippen molar-refractivity contribution in [3.63, 3.8) is 0 Å². The van der Waals surface area contributed by atoms with Crippen LogP contribution in [0.15, 0.2) is 48.0 Å². The van der Waals surface area contributed by atoms with E-state index in [-0.39, 0.29) is 17.4 Å². The summed E-state index contributed by atoms with van der Waals surface area (Å²) in [7, 11) is 3.25. The Labute approximate surface area is 181 Å². The zero-order valence-corrected chi connectivity index (χ0v) is 17.8. The Morgan fingerprint density at radius 2 is 1.74 bits per heavy atom. The standard InChI is InChI=1S/C25H27NO5/c1-30-20-9-16(10-21(13-20)31-2)11-22-18-7-8-19(12-18)23(22)24(27)26-14-15-3-5-17(6-4-15)25(28)29/h3-6,9-11,13,18-19,23H,7-8,12,14H2,1-2H3,(H,26,27)(H,28,29)/b22-11-. The van der Waals surface area contributed by atoms with Crippen molar-refractivity contribution in [3.8, 4) is 11.5 Å². The van der Waals surface area contributed by atoms with Crippen LogP contribution in [0.2, 0.25) is 0 Å². The molecule has 0 aromatic heterocycles. The van der Waals surface area contributed by atoms with Crippen molar-refractivity contribution in [1.82, 2.24) is 5.32 Å². The van der Waals surface area contributed by atoms with E-state index in [0.29, 0.717) is 18.4 Å². The Morgan fingerprint density at radius 1 is 1.06 bits per heavy atom. The van der Waals surface area contributed by atoms with E-state index in [1.807, 2.05) is 18.2 Å². The van der Waals surface area contributed by atoms with Gasteiger partial charge in [-0.25, -0.2) is 4.79 Å². The summed E-state index contributed by atoms with van der Waals surface area (Å²) in [6.45, 7) is 0.382. The molecule has 0 aliphatic heterocycles. The fourth-order valence-electron chi connectivity index (χ4n) is 4.89. The van der Waals surface area contributed by atoms with E-state index in [9.17, 15) is 9.59 Å². The zero-order valence-electron chi connectivity index (χ0n) is 17.8. The SMILES string of the molecule is COc1cc(/C=C2/C3CCC(C3)C2C(=O)NCc2ccc(C(=O)O)cc2)cc(OC)c1. The van der Waals surface area contributed by atoms with Crippen LogP contribution in [0.25, 0.3) is 6.08 Å². The molecule has 2 N–H and O–H groups in total. The monoisotopic (exact) mass is 421 g/mol. The van der Waals surface area contributed by atoms with Crippen LogP contribution in [0, 0.1) is 17.8 Å². The molecule has 6 nitrogen and oxygen atoms in total. The summed E-state index contributed by atoms with van der Waals surface area (Å²) < 4.78 is 10.8. The molecule has 2 fully saturated rings. The maximum Gasteiger partial charge on any atom is 0.335 e. The van der Waals surface area contributed by atoms with E-state index < -0.39 is 5.97 Å². The summed E-state index contributed by atoms with van der Waals surface area (Å²) in [5.41, 5.74) is 3.28. The molecule has 2 saturated carbocycles. The Bertz CT molecular complexity index is 989. The van der Waals surface area contributed by atoms with Crippen molar-refractivity contribution in [2.45, 2.75) is 25.8 Å². The number of amides is 1. The lowest BCUT2D eigenvalue weighted by Gasteiger charge is -2.24. The van der Waals surface area contributed by atoms with Gasteiger partial charge in [-0.1, -0.05) is 23.8 Å². The first-order chi connectivity index (χ1) is 15.0. The van der Waals surface area contributed by atoms with E-state index >= 15 is 0 Å². The van der Waals surface area contributed by atoms with Gasteiger partial charge in [0.05, 0.1) is 25.7 Å². The van der Waals surface area contributed by atoms with Crippen LogP contribution in [0.3, 0.4) is 0 Å². The van der Waals surface area contributed by atoms with E-state index in [1.165, 1.54) is 5.57 Å². The van der Waals surface area contributed by atoms with Crippen molar-refractivity contribution in [1.29, 1.82) is 0 Å². The fourth-order valence-corrected chi connectivity index (χ4v) is 4.89. The Balaban J connectivity index is 1.52. The van der Waals surface area contributed by atoms with Crippen molar-refractivity contribution >= 4 is 18.0 Å². The van der Waals surface area contributed by atoms with Gasteiger partial charge in [-0.05, 0) is 66.5 Å². The van der Waals surface area contributed by atoms with Crippen LogP contribution >= 0.6 is 0 Å². The first-order valence-corrected chi connectivity index (χ1v) is 10.5. The number of hydrogen-bond donors (Lipinski definition) is 2. The number of fused-ring (bicyclic) bond motifs is 2. The molecule has 1 amide bonds. The van der Waals surface area contributed by atoms with Gasteiger partial charge in [0.25, 0.3) is 0 Å². The van der Waals surface area contributed by atoms with E-state index in [1.54, 1.807) is 38.5 Å². The van der Waals surface area contributed by atoms with Gasteiger partial charge in [0.2, 0.25) is 5.91 Å². The molecule has 3 atom stereocenters. The fraction of sp³-hybridized carbons (Fsp3) is 0.360. The van der Waals surface area contributed by atoms with Gasteiger partial charge >= 0.3 is 5.97 Å². The molecule has 2 aliphatic carbocycles. The molecule has 6 heteroatoms. The van der Waals surface area contributed by atoms with Crippen LogP contribution in [0.5, 0.6) is 11.5 Å². The molecule has 4 rings (SSSR count). The predicted octanol–water partition coefficient (Wildman–Crippen LogP) is 4.15. The summed E-state index contributed by atoms with van der Waals surface area (Å²) in [5, 5.41) is 12.1. The highest BCUT2D eigenvalue weighted by Gasteiger charge is 2.46. The molecule has 3 unspecified atom stereocenters. The minimum Gasteiger partial charge on any atom is -0.497 e. The number of carbonyl (C=O) groups excluding carboxylic acids is 1. The number of methoxy groups -OCH3 is 2. The smallest absolute Gasteiger partial charge is 0.335 e. The average Bonchev–Trinajstić information content (AvgIpc) is 3.39. The molecule has 2 aromatic rings. The number of carboxylic acid groups (broad SMARTS) is 1. The van der Waals surface area contributed by atoms with E-state index in [2.05, 4.69) is 11.4 Å². The van der Waals surface area contributed by atoms with Crippen LogP contribution in [-0.2, 0) is 11.3 Å². The lowest BCUT2D eigenvalue weighted by Crippen LogP contribution is -2.34. The minimum absolute atomic E-state index is 0.0376. The number of carbonyl (C=O) groups is 2. The maximum atomic E-state index is 13.1. The van der Waals surface area contributed by atoms with Crippen LogP contribution in [-0.4, -0.2) is 31.2 Å². The Morgan fingerprint density at radius 3 is 2.35 bits per heavy atom. The summed E-state index contributed by atoms with van der Waals surface area (Å²) >= 11 is 0. The molecular formula is C25H27NO5. The zero-order chi connectivity index (χ0) is 22.0. The molecule has 2 bridgehead atoms. The third kappa shape index (κ3) is 4.43. The molecular weight excluding hydrogens is 394 g/mol. The van der Waals surface area contributed by atoms with Crippen molar-refractivity contribution in [2.75, 3.05) is 14.2 Å². The second-order valence-electron chi connectivity index (χ2n) is 8.26. The summed E-state index contributed by atoms with van der Waals surface area (Å²) in [4.78, 5) is 24.1. The Kier molecular flexibility index (Phi) is 5.98. The molecule has 0 spiro atoms. The van der Waals surface area contributed by atoms with Gasteiger partial charge in [-0.3, -0.25) is 4.79 Å². The molecule has 0 radical (unpaired) electrons. The van der Waals surface area contributed by atoms with Gasteiger partial charge in [0.1, 0.15) is 11.5 Å². The van der Waals surface area contributed by atoms with Crippen molar-refractivity contribution in [2.24, 2.45) is 17.8 Å². The predicted molar refractivity (Wildman–Crippen MR) is 117 cm³/mol. The third-order valence-corrected chi connectivity index (χ3v) is 6.43. The largest absolute Gasteiger partial charge is 0.497 e. The lowest BCUT2D eigenvalue weighted by atomic mass is 9.82. The number of rotatable bonds is 7. The van der Waals surface area contributed by atoms with Crippen LogP contribution in [0.4, 0.5) is 0 Å². The first-order valence-electron chi connectivity index (χ1n) is 10.5. The molecule has 162 valence electrons. The molecule has 0 saturated heterocycles. The van der Waals surface area contributed by atoms with Crippen LogP contribution in [0.1, 0.15) is 40.7 Å². The second kappa shape index (κ2) is 8.84.